The molecular formula is C73H100N20O17. The molecule has 37 nitrogen and oxygen atoms in total. The van der Waals surface area contributed by atoms with Gasteiger partial charge in [0.15, 0.2) is 0 Å². The molecule has 10 amide bonds. The second-order valence-electron chi connectivity index (χ2n) is 26.7. The molecule has 2 aliphatic rings. The first kappa shape index (κ1) is 83.1. The highest BCUT2D eigenvalue weighted by Gasteiger charge is 2.48. The SMILES string of the molecule is CCn1nc(C)cc1C(=O)Nc1nc2cc(C(N)=O)ccc2n1C/C=C/Cn1c(NC(=O)c2cc(C)nn2CC)nc2cc(C(N)=O)cc(OCCCN3CC4(C3)CN(C(=O)OCc3ccc(NC(=O)[C@H](CCCNC(N)=O)NC(=O)[C@@H](NC(=O)CCOCCOCCOCCOCCON)C(C)C)cc3)CCO4)c21. The summed E-state index contributed by atoms with van der Waals surface area (Å²) in [6.45, 7) is 17.5. The molecule has 0 radical (unpaired) electrons. The number of carbonyl (C=O) groups excluding carboxylic acids is 9. The average Bonchev–Trinajstić information content (AvgIpc) is 0.869. The van der Waals surface area contributed by atoms with Crippen molar-refractivity contribution in [2.24, 2.45) is 29.0 Å². The van der Waals surface area contributed by atoms with Crippen molar-refractivity contribution in [3.05, 3.63) is 118 Å². The average molecular weight is 1530 g/mol. The number of aryl methyl sites for hydroxylation is 4. The smallest absolute Gasteiger partial charge is 0.410 e. The van der Waals surface area contributed by atoms with Gasteiger partial charge in [-0.25, -0.2) is 25.5 Å². The number of ether oxygens (including phenoxy) is 7. The third-order valence-electron chi connectivity index (χ3n) is 18.0. The number of nitrogens with two attached hydrogens (primary N) is 4. The van der Waals surface area contributed by atoms with Crippen LogP contribution in [0.15, 0.2) is 78.9 Å². The summed E-state index contributed by atoms with van der Waals surface area (Å²) in [5, 5.41) is 25.6. The largest absolute Gasteiger partial charge is 0.491 e. The first-order valence-corrected chi connectivity index (χ1v) is 36.5. The van der Waals surface area contributed by atoms with Gasteiger partial charge in [0, 0.05) is 82.1 Å². The van der Waals surface area contributed by atoms with E-state index in [-0.39, 0.29) is 120 Å². The highest BCUT2D eigenvalue weighted by molar-refractivity contribution is 6.05. The number of nitrogens with zero attached hydrogens (tertiary/aromatic N) is 10. The zero-order chi connectivity index (χ0) is 78.9. The molecule has 3 aromatic carbocycles. The second-order valence-corrected chi connectivity index (χ2v) is 26.7. The van der Waals surface area contributed by atoms with E-state index in [4.69, 9.17) is 66.2 Å². The van der Waals surface area contributed by atoms with E-state index in [2.05, 4.69) is 51.8 Å². The van der Waals surface area contributed by atoms with E-state index < -0.39 is 71.2 Å². The van der Waals surface area contributed by atoms with E-state index in [1.807, 2.05) is 26.0 Å². The van der Waals surface area contributed by atoms with Gasteiger partial charge in [-0.3, -0.25) is 58.5 Å². The van der Waals surface area contributed by atoms with Gasteiger partial charge in [0.2, 0.25) is 41.4 Å². The third-order valence-corrected chi connectivity index (χ3v) is 18.0. The molecule has 110 heavy (non-hydrogen) atoms. The molecule has 0 aliphatic carbocycles. The van der Waals surface area contributed by atoms with Crippen LogP contribution in [0.4, 0.5) is 27.2 Å². The molecule has 14 N–H and O–H groups in total. The molecule has 1 spiro atoms. The number of hydrogen-bond acceptors (Lipinski definition) is 23. The van der Waals surface area contributed by atoms with Crippen LogP contribution in [0.5, 0.6) is 5.75 Å². The molecule has 0 unspecified atom stereocenters. The van der Waals surface area contributed by atoms with Crippen LogP contribution in [0.2, 0.25) is 0 Å². The van der Waals surface area contributed by atoms with E-state index in [1.165, 1.54) is 6.07 Å². The molecule has 594 valence electrons. The number of morpholine rings is 1. The molecule has 0 bridgehead atoms. The summed E-state index contributed by atoms with van der Waals surface area (Å²) in [4.78, 5) is 136. The number of hydrogen-bond donors (Lipinski definition) is 10. The van der Waals surface area contributed by atoms with Crippen LogP contribution in [0, 0.1) is 19.8 Å². The van der Waals surface area contributed by atoms with E-state index in [1.54, 1.807) is 112 Å². The maximum atomic E-state index is 14.1. The Hall–Kier alpha value is -10.9. The number of benzene rings is 3. The Labute approximate surface area is 634 Å². The standard InChI is InChI=1S/C73H100N20O17/c1-7-92-57(37-47(5)86-92)66(98)84-70-81-54-39-50(63(74)95)16-19-56(54)90(70)23-9-10-24-91-62-55(82-71(91)85-67(99)58-38-48(6)87-93(58)8-2)40-51(64(75)96)41-59(62)107-26-12-22-88-43-73(44-88)45-89(25-28-109-73)72(102)108-42-49-14-17-52(18-15-49)79-65(97)53(13-11-21-78-69(76)101)80-68(100)61(46(3)4)83-60(94)20-27-103-29-30-104-31-32-105-33-34-106-35-36-110-77/h9-10,14-19,37-41,46,53,61H,7-8,11-13,20-36,42-45,77H2,1-6H3,(H2,74,95)(H2,75,96)(H,79,97)(H,80,100)(H,83,94)(H3,76,78,101)(H,81,84,98)(H,82,85,99)/b10-9+/t53-,61-/m0/s1. The molecule has 9 rings (SSSR count). The van der Waals surface area contributed by atoms with Gasteiger partial charge in [0.25, 0.3) is 11.8 Å². The van der Waals surface area contributed by atoms with Crippen LogP contribution in [0.3, 0.4) is 0 Å². The summed E-state index contributed by atoms with van der Waals surface area (Å²) >= 11 is 0. The normalized spacial score (nSPS) is 14.0. The Bertz CT molecular complexity index is 4370. The number of rotatable bonds is 44. The highest BCUT2D eigenvalue weighted by Crippen LogP contribution is 2.34. The Balaban J connectivity index is 0.769. The van der Waals surface area contributed by atoms with Crippen LogP contribution >= 0.6 is 0 Å². The quantitative estimate of drug-likeness (QED) is 0.0149. The first-order valence-electron chi connectivity index (χ1n) is 36.5. The van der Waals surface area contributed by atoms with Gasteiger partial charge >= 0.3 is 12.1 Å². The van der Waals surface area contributed by atoms with Gasteiger partial charge < -0.3 is 90.5 Å². The Morgan fingerprint density at radius 1 is 0.645 bits per heavy atom. The first-order chi connectivity index (χ1) is 52.9. The van der Waals surface area contributed by atoms with Crippen LogP contribution in [-0.2, 0) is 80.4 Å². The van der Waals surface area contributed by atoms with Crippen molar-refractivity contribution in [2.45, 2.75) is 118 Å². The Kier molecular flexibility index (Phi) is 30.6. The van der Waals surface area contributed by atoms with Crippen LogP contribution < -0.4 is 59.7 Å². The molecule has 6 heterocycles. The minimum absolute atomic E-state index is 0.0311. The van der Waals surface area contributed by atoms with Crippen LogP contribution in [0.25, 0.3) is 22.1 Å². The summed E-state index contributed by atoms with van der Waals surface area (Å²) in [7, 11) is 0. The topological polar surface area (TPSA) is 481 Å². The number of likely N-dealkylation sites (tertiary alicyclic amines) is 1. The number of aromatic nitrogens is 8. The second kappa shape index (κ2) is 40.5. The summed E-state index contributed by atoms with van der Waals surface area (Å²) < 4.78 is 47.0. The van der Waals surface area contributed by atoms with E-state index in [9.17, 15) is 43.2 Å². The number of nitrogens with one attached hydrogen (secondary N) is 6. The predicted octanol–water partition coefficient (Wildman–Crippen LogP) is 3.25. The van der Waals surface area contributed by atoms with Crippen molar-refractivity contribution >= 4 is 93.1 Å². The maximum Gasteiger partial charge on any atom is 0.410 e. The van der Waals surface area contributed by atoms with Crippen LogP contribution in [-0.4, -0.2) is 232 Å². The number of amides is 10. The molecule has 2 saturated heterocycles. The van der Waals surface area contributed by atoms with Crippen molar-refractivity contribution in [1.29, 1.82) is 0 Å². The molecule has 37 heteroatoms. The molecule has 2 atom stereocenters. The summed E-state index contributed by atoms with van der Waals surface area (Å²) in [6.07, 6.45) is 4.04. The van der Waals surface area contributed by atoms with Gasteiger partial charge in [-0.05, 0) is 113 Å². The van der Waals surface area contributed by atoms with E-state index in [0.717, 1.165) is 0 Å². The molecular weight excluding hydrogens is 1430 g/mol. The fraction of sp³-hybridized carbons (Fsp3) is 0.493. The molecule has 7 aromatic rings. The lowest BCUT2D eigenvalue weighted by Gasteiger charge is -2.53. The molecule has 2 fully saturated rings. The van der Waals surface area contributed by atoms with Gasteiger partial charge in [0.05, 0.1) is 107 Å². The summed E-state index contributed by atoms with van der Waals surface area (Å²) in [5.74, 6) is 1.34. The Morgan fingerprint density at radius 3 is 1.84 bits per heavy atom. The van der Waals surface area contributed by atoms with Gasteiger partial charge in [-0.2, -0.15) is 10.2 Å². The number of carbonyl (C=O) groups is 9. The fourth-order valence-electron chi connectivity index (χ4n) is 12.5. The third kappa shape index (κ3) is 23.3. The highest BCUT2D eigenvalue weighted by atomic mass is 16.6. The lowest BCUT2D eigenvalue weighted by atomic mass is 9.91. The summed E-state index contributed by atoms with van der Waals surface area (Å²) in [5.41, 5.74) is 21.3. The van der Waals surface area contributed by atoms with Gasteiger partial charge in [-0.1, -0.05) is 38.1 Å². The Morgan fingerprint density at radius 2 is 1.24 bits per heavy atom. The minimum Gasteiger partial charge on any atom is -0.491 e. The van der Waals surface area contributed by atoms with Crippen molar-refractivity contribution in [2.75, 3.05) is 128 Å². The molecule has 4 aromatic heterocycles. The van der Waals surface area contributed by atoms with E-state index >= 15 is 0 Å². The van der Waals surface area contributed by atoms with E-state index in [0.29, 0.717) is 141 Å². The lowest BCUT2D eigenvalue weighted by Crippen LogP contribution is -2.70. The number of primary amides is 3. The monoisotopic (exact) mass is 1530 g/mol. The fourth-order valence-corrected chi connectivity index (χ4v) is 12.5. The number of anilines is 3. The van der Waals surface area contributed by atoms with Gasteiger partial charge in [0.1, 0.15) is 46.9 Å². The molecule has 2 aliphatic heterocycles. The zero-order valence-electron chi connectivity index (χ0n) is 62.8. The number of fused-ring (bicyclic) bond motifs is 2. The maximum absolute atomic E-state index is 14.1. The predicted molar refractivity (Wildman–Crippen MR) is 402 cm³/mol. The van der Waals surface area contributed by atoms with Crippen molar-refractivity contribution in [3.63, 3.8) is 0 Å². The van der Waals surface area contributed by atoms with Crippen molar-refractivity contribution in [3.8, 4) is 5.75 Å². The zero-order valence-corrected chi connectivity index (χ0v) is 62.8. The molecule has 0 saturated carbocycles. The van der Waals surface area contributed by atoms with Crippen LogP contribution in [0.1, 0.15) is 112 Å². The minimum atomic E-state index is -1.08. The van der Waals surface area contributed by atoms with Crippen molar-refractivity contribution in [1.82, 2.24) is 64.4 Å². The van der Waals surface area contributed by atoms with Gasteiger partial charge in [-0.15, -0.1) is 0 Å². The number of allylic oxidation sites excluding steroid dienone is 2. The van der Waals surface area contributed by atoms with Crippen molar-refractivity contribution < 1.29 is 81.1 Å². The number of imidazole rings is 2. The lowest BCUT2D eigenvalue weighted by molar-refractivity contribution is -0.179. The summed E-state index contributed by atoms with van der Waals surface area (Å²) in [6, 6.07) is 15.1. The number of urea groups is 1.